The molecule has 0 saturated heterocycles. The molecule has 30 heavy (non-hydrogen) atoms. The van der Waals surface area contributed by atoms with E-state index in [2.05, 4.69) is 4.98 Å². The van der Waals surface area contributed by atoms with Crippen molar-refractivity contribution >= 4 is 68.8 Å². The van der Waals surface area contributed by atoms with E-state index in [9.17, 15) is 9.59 Å². The summed E-state index contributed by atoms with van der Waals surface area (Å²) in [6.45, 7) is 1.29. The third kappa shape index (κ3) is 4.70. The van der Waals surface area contributed by atoms with Gasteiger partial charge in [-0.2, -0.15) is 0 Å². The van der Waals surface area contributed by atoms with Crippen molar-refractivity contribution in [2.75, 3.05) is 12.0 Å². The molecule has 1 heterocycles. The van der Waals surface area contributed by atoms with Crippen molar-refractivity contribution in [1.82, 2.24) is 4.98 Å². The highest BCUT2D eigenvalue weighted by atomic mass is 35.5. The number of ether oxygens (including phenoxy) is 2. The number of halogens is 3. The summed E-state index contributed by atoms with van der Waals surface area (Å²) in [5.41, 5.74) is 1.00. The molecule has 0 radical (unpaired) electrons. The minimum atomic E-state index is -0.727. The highest BCUT2D eigenvalue weighted by Gasteiger charge is 2.22. The predicted octanol–water partition coefficient (Wildman–Crippen LogP) is 6.15. The third-order valence-corrected chi connectivity index (χ3v) is 5.97. The van der Waals surface area contributed by atoms with Crippen molar-refractivity contribution in [2.45, 2.75) is 13.5 Å². The predicted molar refractivity (Wildman–Crippen MR) is 119 cm³/mol. The molecule has 3 aromatic rings. The molecule has 0 N–H and O–H groups in total. The molecule has 0 atom stereocenters. The maximum absolute atomic E-state index is 12.4. The summed E-state index contributed by atoms with van der Waals surface area (Å²) >= 11 is 19.3. The first-order chi connectivity index (χ1) is 14.3. The molecular weight excluding hydrogens is 471 g/mol. The normalized spacial score (nSPS) is 10.6. The molecule has 1 aromatic heterocycles. The average Bonchev–Trinajstić information content (AvgIpc) is 3.18. The smallest absolute Gasteiger partial charge is 0.341 e. The van der Waals surface area contributed by atoms with Gasteiger partial charge in [-0.3, -0.25) is 9.69 Å². The van der Waals surface area contributed by atoms with E-state index in [4.69, 9.17) is 44.3 Å². The van der Waals surface area contributed by atoms with Gasteiger partial charge in [0.25, 0.3) is 0 Å². The molecule has 0 spiro atoms. The summed E-state index contributed by atoms with van der Waals surface area (Å²) in [6.07, 6.45) is 0. The van der Waals surface area contributed by atoms with Crippen molar-refractivity contribution in [1.29, 1.82) is 0 Å². The van der Waals surface area contributed by atoms with E-state index in [1.165, 1.54) is 42.4 Å². The monoisotopic (exact) mass is 484 g/mol. The van der Waals surface area contributed by atoms with Crippen LogP contribution in [0.3, 0.4) is 0 Å². The van der Waals surface area contributed by atoms with E-state index in [0.717, 1.165) is 0 Å². The van der Waals surface area contributed by atoms with Crippen molar-refractivity contribution in [3.05, 3.63) is 68.1 Å². The first kappa shape index (κ1) is 22.4. The number of anilines is 2. The Kier molecular flexibility index (Phi) is 7.20. The number of esters is 1. The highest BCUT2D eigenvalue weighted by Crippen LogP contribution is 2.36. The lowest BCUT2D eigenvalue weighted by molar-refractivity contribution is -0.115. The van der Waals surface area contributed by atoms with Crippen LogP contribution >= 0.6 is 46.1 Å². The Morgan fingerprint density at radius 2 is 1.80 bits per heavy atom. The van der Waals surface area contributed by atoms with Crippen molar-refractivity contribution in [3.8, 4) is 5.75 Å². The molecular formula is C20H15Cl3N2O4S. The van der Waals surface area contributed by atoms with Crippen LogP contribution in [-0.4, -0.2) is 24.0 Å². The number of carbonyl (C=O) groups is 2. The maximum Gasteiger partial charge on any atom is 0.341 e. The van der Waals surface area contributed by atoms with Gasteiger partial charge in [0.1, 0.15) is 12.4 Å². The summed E-state index contributed by atoms with van der Waals surface area (Å²) in [4.78, 5) is 30.5. The lowest BCUT2D eigenvalue weighted by atomic mass is 10.2. The molecule has 6 nitrogen and oxygen atoms in total. The number of carbonyl (C=O) groups excluding carboxylic acids is 2. The Hall–Kier alpha value is -2.32. The van der Waals surface area contributed by atoms with Gasteiger partial charge in [-0.05, 0) is 24.3 Å². The summed E-state index contributed by atoms with van der Waals surface area (Å²) in [6, 6.07) is 10.1. The number of benzene rings is 2. The number of hydrogen-bond donors (Lipinski definition) is 0. The number of methoxy groups -OCH3 is 1. The Morgan fingerprint density at radius 3 is 2.50 bits per heavy atom. The van der Waals surface area contributed by atoms with Gasteiger partial charge in [0.15, 0.2) is 5.13 Å². The Bertz CT molecular complexity index is 1100. The standard InChI is InChI=1S/C20H15Cl3N2O4S/c1-11(26)25(15-5-3-4-6-16(15)28-2)20-24-12(10-30-20)9-29-19(27)17-13(21)7-8-14(22)18(17)23/h3-8,10H,9H2,1-2H3. The van der Waals surface area contributed by atoms with E-state index in [-0.39, 0.29) is 33.1 Å². The number of amides is 1. The number of aromatic nitrogens is 1. The zero-order valence-corrected chi connectivity index (χ0v) is 18.9. The molecule has 1 amide bonds. The molecule has 0 unspecified atom stereocenters. The quantitative estimate of drug-likeness (QED) is 0.309. The lowest BCUT2D eigenvalue weighted by Crippen LogP contribution is -2.23. The highest BCUT2D eigenvalue weighted by molar-refractivity contribution is 7.14. The van der Waals surface area contributed by atoms with Crippen LogP contribution in [0.1, 0.15) is 23.0 Å². The number of para-hydroxylation sites is 2. The zero-order chi connectivity index (χ0) is 21.8. The molecule has 0 aliphatic carbocycles. The Labute approximate surface area is 191 Å². The topological polar surface area (TPSA) is 68.7 Å². The van der Waals surface area contributed by atoms with Gasteiger partial charge in [0.2, 0.25) is 5.91 Å². The summed E-state index contributed by atoms with van der Waals surface area (Å²) in [7, 11) is 1.52. The summed E-state index contributed by atoms with van der Waals surface area (Å²) in [5, 5.41) is 2.45. The molecule has 0 saturated carbocycles. The maximum atomic E-state index is 12.4. The fraction of sp³-hybridized carbons (Fsp3) is 0.150. The minimum absolute atomic E-state index is 0.0133. The molecule has 10 heteroatoms. The fourth-order valence-electron chi connectivity index (χ4n) is 2.61. The van der Waals surface area contributed by atoms with Crippen LogP contribution in [0.4, 0.5) is 10.8 Å². The second kappa shape index (κ2) is 9.66. The number of rotatable bonds is 6. The summed E-state index contributed by atoms with van der Waals surface area (Å²) < 4.78 is 10.6. The minimum Gasteiger partial charge on any atom is -0.495 e. The first-order valence-corrected chi connectivity index (χ1v) is 10.5. The molecule has 0 aliphatic rings. The van der Waals surface area contributed by atoms with E-state index >= 15 is 0 Å². The van der Waals surface area contributed by atoms with Gasteiger partial charge >= 0.3 is 5.97 Å². The molecule has 0 bridgehead atoms. The van der Waals surface area contributed by atoms with Gasteiger partial charge in [-0.15, -0.1) is 11.3 Å². The molecule has 3 rings (SSSR count). The van der Waals surface area contributed by atoms with Crippen LogP contribution in [0.2, 0.25) is 15.1 Å². The van der Waals surface area contributed by atoms with Crippen LogP contribution in [0.5, 0.6) is 5.75 Å². The molecule has 0 fully saturated rings. The van der Waals surface area contributed by atoms with E-state index in [1.54, 1.807) is 29.6 Å². The molecule has 0 aliphatic heterocycles. The zero-order valence-electron chi connectivity index (χ0n) is 15.8. The van der Waals surface area contributed by atoms with Crippen LogP contribution in [0.15, 0.2) is 41.8 Å². The Morgan fingerprint density at radius 1 is 1.10 bits per heavy atom. The van der Waals surface area contributed by atoms with Crippen LogP contribution in [0.25, 0.3) is 0 Å². The SMILES string of the molecule is COc1ccccc1N(C(C)=O)c1nc(COC(=O)c2c(Cl)ccc(Cl)c2Cl)cs1. The second-order valence-electron chi connectivity index (χ2n) is 5.94. The number of nitrogens with zero attached hydrogens (tertiary/aromatic N) is 2. The second-order valence-corrected chi connectivity index (χ2v) is 7.97. The van der Waals surface area contributed by atoms with Gasteiger partial charge in [0.05, 0.1) is 39.1 Å². The Balaban J connectivity index is 1.80. The van der Waals surface area contributed by atoms with Gasteiger partial charge < -0.3 is 9.47 Å². The largest absolute Gasteiger partial charge is 0.495 e. The van der Waals surface area contributed by atoms with E-state index in [1.807, 2.05) is 0 Å². The van der Waals surface area contributed by atoms with E-state index < -0.39 is 5.97 Å². The van der Waals surface area contributed by atoms with Crippen LogP contribution in [-0.2, 0) is 16.1 Å². The third-order valence-electron chi connectivity index (χ3n) is 3.97. The van der Waals surface area contributed by atoms with Crippen molar-refractivity contribution in [2.24, 2.45) is 0 Å². The van der Waals surface area contributed by atoms with Gasteiger partial charge in [0, 0.05) is 12.3 Å². The number of hydrogen-bond acceptors (Lipinski definition) is 6. The van der Waals surface area contributed by atoms with Gasteiger partial charge in [-0.25, -0.2) is 9.78 Å². The average molecular weight is 486 g/mol. The lowest BCUT2D eigenvalue weighted by Gasteiger charge is -2.20. The van der Waals surface area contributed by atoms with E-state index in [0.29, 0.717) is 22.3 Å². The molecule has 156 valence electrons. The number of thiazole rings is 1. The van der Waals surface area contributed by atoms with Crippen LogP contribution < -0.4 is 9.64 Å². The summed E-state index contributed by atoms with van der Waals surface area (Å²) in [5.74, 6) is -0.439. The van der Waals surface area contributed by atoms with Crippen LogP contribution in [0, 0.1) is 0 Å². The van der Waals surface area contributed by atoms with Crippen molar-refractivity contribution in [3.63, 3.8) is 0 Å². The fourth-order valence-corrected chi connectivity index (χ4v) is 4.16. The molecule has 2 aromatic carbocycles. The van der Waals surface area contributed by atoms with Gasteiger partial charge in [-0.1, -0.05) is 46.9 Å². The first-order valence-electron chi connectivity index (χ1n) is 8.52. The van der Waals surface area contributed by atoms with Crippen molar-refractivity contribution < 1.29 is 19.1 Å².